The van der Waals surface area contributed by atoms with Crippen molar-refractivity contribution < 1.29 is 14.8 Å². The van der Waals surface area contributed by atoms with E-state index in [1.807, 2.05) is 6.07 Å². The molecular formula is C16H15N3O4. The first-order valence-electron chi connectivity index (χ1n) is 7.09. The van der Waals surface area contributed by atoms with Gasteiger partial charge >= 0.3 is 5.69 Å². The van der Waals surface area contributed by atoms with Crippen LogP contribution in [-0.4, -0.2) is 32.8 Å². The van der Waals surface area contributed by atoms with Gasteiger partial charge in [0.1, 0.15) is 12.4 Å². The summed E-state index contributed by atoms with van der Waals surface area (Å²) in [5, 5.41) is 21.1. The molecule has 0 aliphatic carbocycles. The second-order valence-electron chi connectivity index (χ2n) is 4.88. The summed E-state index contributed by atoms with van der Waals surface area (Å²) in [6.07, 6.45) is 1.59. The van der Waals surface area contributed by atoms with Crippen LogP contribution in [0.2, 0.25) is 0 Å². The molecule has 1 aromatic carbocycles. The van der Waals surface area contributed by atoms with Crippen LogP contribution in [0.5, 0.6) is 0 Å². The third-order valence-corrected chi connectivity index (χ3v) is 3.49. The van der Waals surface area contributed by atoms with Crippen molar-refractivity contribution in [2.24, 2.45) is 0 Å². The zero-order valence-electron chi connectivity index (χ0n) is 12.3. The first-order valence-corrected chi connectivity index (χ1v) is 7.09. The molecule has 2 heterocycles. The predicted octanol–water partition coefficient (Wildman–Crippen LogP) is 2.58. The Kier molecular flexibility index (Phi) is 4.31. The van der Waals surface area contributed by atoms with Gasteiger partial charge in [-0.3, -0.25) is 15.1 Å². The number of ether oxygens (including phenoxy) is 1. The van der Waals surface area contributed by atoms with Crippen LogP contribution >= 0.6 is 0 Å². The smallest absolute Gasteiger partial charge is 0.304 e. The standard InChI is InChI=1S/C16H15N3O4/c20-9-10-23-11-18-14-7-2-1-5-12(14)15(19(21)22)16(18)13-6-3-4-8-17-13/h1-8,20H,9-11H2. The SMILES string of the molecule is O=[N+]([O-])c1c(-c2ccccn2)n(COCCO)c2ccccc12. The number of para-hydroxylation sites is 1. The van der Waals surface area contributed by atoms with Gasteiger partial charge in [0.05, 0.1) is 34.7 Å². The third kappa shape index (κ3) is 2.79. The second-order valence-corrected chi connectivity index (χ2v) is 4.88. The lowest BCUT2D eigenvalue weighted by atomic mass is 10.2. The Morgan fingerprint density at radius 3 is 2.70 bits per heavy atom. The minimum atomic E-state index is -0.394. The molecule has 23 heavy (non-hydrogen) atoms. The quantitative estimate of drug-likeness (QED) is 0.429. The minimum Gasteiger partial charge on any atom is -0.394 e. The Morgan fingerprint density at radius 2 is 2.00 bits per heavy atom. The van der Waals surface area contributed by atoms with Gasteiger partial charge in [-0.25, -0.2) is 0 Å². The van der Waals surface area contributed by atoms with Crippen molar-refractivity contribution in [3.63, 3.8) is 0 Å². The van der Waals surface area contributed by atoms with Gasteiger partial charge in [-0.05, 0) is 24.3 Å². The largest absolute Gasteiger partial charge is 0.394 e. The van der Waals surface area contributed by atoms with E-state index in [4.69, 9.17) is 9.84 Å². The maximum Gasteiger partial charge on any atom is 0.304 e. The van der Waals surface area contributed by atoms with Crippen molar-refractivity contribution >= 4 is 16.6 Å². The Bertz CT molecular complexity index is 830. The van der Waals surface area contributed by atoms with Crippen molar-refractivity contribution in [1.82, 2.24) is 9.55 Å². The molecule has 0 amide bonds. The maximum absolute atomic E-state index is 11.6. The zero-order chi connectivity index (χ0) is 16.2. The number of aliphatic hydroxyl groups is 1. The highest BCUT2D eigenvalue weighted by Gasteiger charge is 2.27. The number of benzene rings is 1. The molecule has 7 heteroatoms. The number of nitro groups is 1. The zero-order valence-corrected chi connectivity index (χ0v) is 12.3. The average molecular weight is 313 g/mol. The third-order valence-electron chi connectivity index (χ3n) is 3.49. The molecule has 0 saturated carbocycles. The van der Waals surface area contributed by atoms with E-state index in [2.05, 4.69) is 4.98 Å². The van der Waals surface area contributed by atoms with E-state index in [0.717, 1.165) is 0 Å². The topological polar surface area (TPSA) is 90.4 Å². The molecule has 3 rings (SSSR count). The molecule has 0 radical (unpaired) electrons. The molecule has 0 atom stereocenters. The molecular weight excluding hydrogens is 298 g/mol. The summed E-state index contributed by atoms with van der Waals surface area (Å²) in [7, 11) is 0. The molecule has 118 valence electrons. The van der Waals surface area contributed by atoms with Crippen LogP contribution in [-0.2, 0) is 11.5 Å². The number of nitrogens with zero attached hydrogens (tertiary/aromatic N) is 3. The lowest BCUT2D eigenvalue weighted by Gasteiger charge is -2.09. The van der Waals surface area contributed by atoms with E-state index < -0.39 is 4.92 Å². The fraction of sp³-hybridized carbons (Fsp3) is 0.188. The highest BCUT2D eigenvalue weighted by molar-refractivity contribution is 5.97. The van der Waals surface area contributed by atoms with Gasteiger partial charge in [-0.2, -0.15) is 0 Å². The lowest BCUT2D eigenvalue weighted by Crippen LogP contribution is -2.08. The molecule has 0 unspecified atom stereocenters. The van der Waals surface area contributed by atoms with Gasteiger partial charge in [0.2, 0.25) is 0 Å². The van der Waals surface area contributed by atoms with E-state index in [1.54, 1.807) is 47.2 Å². The lowest BCUT2D eigenvalue weighted by molar-refractivity contribution is -0.382. The molecule has 0 fully saturated rings. The van der Waals surface area contributed by atoms with E-state index in [9.17, 15) is 10.1 Å². The molecule has 0 aliphatic rings. The number of hydrogen-bond donors (Lipinski definition) is 1. The van der Waals surface area contributed by atoms with E-state index in [0.29, 0.717) is 22.3 Å². The first kappa shape index (κ1) is 15.1. The molecule has 0 spiro atoms. The maximum atomic E-state index is 11.6. The summed E-state index contributed by atoms with van der Waals surface area (Å²) in [5.74, 6) is 0. The molecule has 2 aromatic heterocycles. The van der Waals surface area contributed by atoms with Crippen LogP contribution in [0, 0.1) is 10.1 Å². The summed E-state index contributed by atoms with van der Waals surface area (Å²) < 4.78 is 7.11. The van der Waals surface area contributed by atoms with E-state index in [-0.39, 0.29) is 25.6 Å². The highest BCUT2D eigenvalue weighted by Crippen LogP contribution is 2.38. The van der Waals surface area contributed by atoms with Crippen LogP contribution in [0.15, 0.2) is 48.7 Å². The number of pyridine rings is 1. The number of aromatic nitrogens is 2. The van der Waals surface area contributed by atoms with Crippen molar-refractivity contribution in [2.75, 3.05) is 13.2 Å². The second kappa shape index (κ2) is 6.55. The molecule has 7 nitrogen and oxygen atoms in total. The summed E-state index contributed by atoms with van der Waals surface area (Å²) in [6.45, 7) is 0.142. The fourth-order valence-corrected chi connectivity index (χ4v) is 2.59. The van der Waals surface area contributed by atoms with Crippen molar-refractivity contribution in [2.45, 2.75) is 6.73 Å². The first-order chi connectivity index (χ1) is 11.2. The number of hydrogen-bond acceptors (Lipinski definition) is 5. The Hall–Kier alpha value is -2.77. The van der Waals surface area contributed by atoms with Gasteiger partial charge < -0.3 is 14.4 Å². The van der Waals surface area contributed by atoms with E-state index >= 15 is 0 Å². The van der Waals surface area contributed by atoms with Crippen molar-refractivity contribution in [1.29, 1.82) is 0 Å². The number of aliphatic hydroxyl groups excluding tert-OH is 1. The Balaban J connectivity index is 2.27. The molecule has 0 bridgehead atoms. The molecule has 0 aliphatic heterocycles. The minimum absolute atomic E-state index is 0.00639. The average Bonchev–Trinajstić information content (AvgIpc) is 2.91. The summed E-state index contributed by atoms with van der Waals surface area (Å²) in [4.78, 5) is 15.5. The monoisotopic (exact) mass is 313 g/mol. The number of fused-ring (bicyclic) bond motifs is 1. The van der Waals surface area contributed by atoms with Gasteiger partial charge in [-0.15, -0.1) is 0 Å². The Morgan fingerprint density at radius 1 is 1.22 bits per heavy atom. The van der Waals surface area contributed by atoms with Gasteiger partial charge in [0.25, 0.3) is 0 Å². The predicted molar refractivity (Wildman–Crippen MR) is 84.9 cm³/mol. The van der Waals surface area contributed by atoms with Crippen LogP contribution < -0.4 is 0 Å². The fourth-order valence-electron chi connectivity index (χ4n) is 2.59. The van der Waals surface area contributed by atoms with Crippen LogP contribution in [0.3, 0.4) is 0 Å². The molecule has 3 aromatic rings. The van der Waals surface area contributed by atoms with Crippen LogP contribution in [0.4, 0.5) is 5.69 Å². The summed E-state index contributed by atoms with van der Waals surface area (Å²) in [6, 6.07) is 12.4. The van der Waals surface area contributed by atoms with Gasteiger partial charge in [0.15, 0.2) is 0 Å². The normalized spacial score (nSPS) is 11.0. The van der Waals surface area contributed by atoms with Crippen molar-refractivity contribution in [3.8, 4) is 11.4 Å². The van der Waals surface area contributed by atoms with Crippen LogP contribution in [0.25, 0.3) is 22.3 Å². The summed E-state index contributed by atoms with van der Waals surface area (Å²) >= 11 is 0. The van der Waals surface area contributed by atoms with Crippen molar-refractivity contribution in [3.05, 3.63) is 58.8 Å². The summed E-state index contributed by atoms with van der Waals surface area (Å²) in [5.41, 5.74) is 1.60. The van der Waals surface area contributed by atoms with Gasteiger partial charge in [-0.1, -0.05) is 18.2 Å². The number of rotatable bonds is 6. The Labute approximate surface area is 131 Å². The van der Waals surface area contributed by atoms with E-state index in [1.165, 1.54) is 0 Å². The molecule has 0 saturated heterocycles. The highest BCUT2D eigenvalue weighted by atomic mass is 16.6. The molecule has 1 N–H and O–H groups in total. The van der Waals surface area contributed by atoms with Crippen LogP contribution in [0.1, 0.15) is 0 Å². The van der Waals surface area contributed by atoms with Gasteiger partial charge in [0, 0.05) is 6.20 Å².